The van der Waals surface area contributed by atoms with E-state index in [-0.39, 0.29) is 17.5 Å². The van der Waals surface area contributed by atoms with Gasteiger partial charge in [0, 0.05) is 53.2 Å². The molecular formula is C48H38F3N9. The van der Waals surface area contributed by atoms with Crippen molar-refractivity contribution in [3.05, 3.63) is 180 Å². The molecule has 0 bridgehead atoms. The Labute approximate surface area is 343 Å². The molecule has 0 fully saturated rings. The summed E-state index contributed by atoms with van der Waals surface area (Å²) in [6.07, 6.45) is 4.85. The van der Waals surface area contributed by atoms with Gasteiger partial charge in [-0.05, 0) is 110 Å². The molecule has 3 aromatic heterocycles. The zero-order valence-corrected chi connectivity index (χ0v) is 32.1. The van der Waals surface area contributed by atoms with E-state index < -0.39 is 0 Å². The molecule has 0 aliphatic heterocycles. The Morgan fingerprint density at radius 2 is 0.750 bits per heavy atom. The third-order valence-corrected chi connectivity index (χ3v) is 9.95. The summed E-state index contributed by atoms with van der Waals surface area (Å²) in [5.41, 5.74) is 36.5. The van der Waals surface area contributed by atoms with Gasteiger partial charge in [0.05, 0.1) is 5.56 Å². The van der Waals surface area contributed by atoms with Crippen molar-refractivity contribution in [2.75, 3.05) is 17.2 Å². The molecule has 3 heterocycles. The van der Waals surface area contributed by atoms with Crippen molar-refractivity contribution in [3.8, 4) is 39.4 Å². The molecule has 0 unspecified atom stereocenters. The first-order valence-corrected chi connectivity index (χ1v) is 18.7. The molecule has 0 saturated carbocycles. The summed E-state index contributed by atoms with van der Waals surface area (Å²) in [7, 11) is 0. The zero-order chi connectivity index (χ0) is 42.3. The largest absolute Gasteiger partial charge is 0.383 e. The number of rotatable bonds is 5. The van der Waals surface area contributed by atoms with Crippen molar-refractivity contribution in [2.45, 2.75) is 13.1 Å². The quantitative estimate of drug-likeness (QED) is 0.113. The van der Waals surface area contributed by atoms with Crippen LogP contribution in [0.4, 0.5) is 30.6 Å². The molecule has 6 aromatic carbocycles. The Bertz CT molecular complexity index is 2940. The molecule has 0 spiro atoms. The highest BCUT2D eigenvalue weighted by Gasteiger charge is 2.10. The predicted molar refractivity (Wildman–Crippen MR) is 235 cm³/mol. The monoisotopic (exact) mass is 797 g/mol. The maximum Gasteiger partial charge on any atom is 0.131 e. The molecular weight excluding hydrogens is 760 g/mol. The van der Waals surface area contributed by atoms with Crippen LogP contribution in [0.3, 0.4) is 0 Å². The van der Waals surface area contributed by atoms with Gasteiger partial charge in [-0.2, -0.15) is 5.26 Å². The van der Waals surface area contributed by atoms with Gasteiger partial charge in [0.2, 0.25) is 0 Å². The van der Waals surface area contributed by atoms with Crippen molar-refractivity contribution < 1.29 is 13.2 Å². The Kier molecular flexibility index (Phi) is 11.9. The van der Waals surface area contributed by atoms with E-state index in [1.54, 1.807) is 30.6 Å². The van der Waals surface area contributed by atoms with E-state index in [9.17, 15) is 13.2 Å². The summed E-state index contributed by atoms with van der Waals surface area (Å²) in [5, 5.41) is 14.2. The number of nitriles is 1. The van der Waals surface area contributed by atoms with Gasteiger partial charge in [-0.3, -0.25) is 0 Å². The van der Waals surface area contributed by atoms with Crippen molar-refractivity contribution in [1.29, 1.82) is 5.26 Å². The molecule has 296 valence electrons. The smallest absolute Gasteiger partial charge is 0.131 e. The first-order chi connectivity index (χ1) is 29.1. The fourth-order valence-corrected chi connectivity index (χ4v) is 6.87. The van der Waals surface area contributed by atoms with E-state index in [0.717, 1.165) is 71.4 Å². The SMILES string of the molecule is N#Cc1cnc(N)c2cc(-c3cccc(F)c3)ccc12.NCc1cnc(N)c2cc(-c3cccc(F)c3)ccc12.NCc1cnc(N)c2cc(-c3cccc(F)c3)ccc12. The Morgan fingerprint density at radius 1 is 0.417 bits per heavy atom. The molecule has 0 amide bonds. The number of nitrogen functional groups attached to an aromatic ring is 3. The van der Waals surface area contributed by atoms with Crippen LogP contribution < -0.4 is 28.7 Å². The summed E-state index contributed by atoms with van der Waals surface area (Å²) in [5.74, 6) is 0.455. The Balaban J connectivity index is 0.000000136. The maximum absolute atomic E-state index is 13.3. The summed E-state index contributed by atoms with van der Waals surface area (Å²) in [6, 6.07) is 38.5. The van der Waals surface area contributed by atoms with E-state index in [1.165, 1.54) is 42.6 Å². The average Bonchev–Trinajstić information content (AvgIpc) is 3.27. The molecule has 0 atom stereocenters. The number of benzene rings is 6. The third kappa shape index (κ3) is 8.68. The lowest BCUT2D eigenvalue weighted by Gasteiger charge is -2.09. The van der Waals surface area contributed by atoms with Gasteiger partial charge in [-0.25, -0.2) is 28.1 Å². The van der Waals surface area contributed by atoms with Crippen LogP contribution >= 0.6 is 0 Å². The van der Waals surface area contributed by atoms with E-state index in [2.05, 4.69) is 21.0 Å². The van der Waals surface area contributed by atoms with E-state index in [0.29, 0.717) is 41.5 Å². The van der Waals surface area contributed by atoms with Crippen LogP contribution in [-0.2, 0) is 13.1 Å². The van der Waals surface area contributed by atoms with Crippen LogP contribution in [0.15, 0.2) is 146 Å². The van der Waals surface area contributed by atoms with E-state index in [4.69, 9.17) is 33.9 Å². The summed E-state index contributed by atoms with van der Waals surface area (Å²) < 4.78 is 39.9. The first kappa shape index (κ1) is 40.4. The van der Waals surface area contributed by atoms with Gasteiger partial charge in [0.1, 0.15) is 41.0 Å². The lowest BCUT2D eigenvalue weighted by Crippen LogP contribution is -2.01. The number of halogens is 3. The molecule has 9 nitrogen and oxygen atoms in total. The predicted octanol–water partition coefficient (Wildman–Crippen LogP) is 9.66. The Morgan fingerprint density at radius 3 is 1.10 bits per heavy atom. The first-order valence-electron chi connectivity index (χ1n) is 18.7. The van der Waals surface area contributed by atoms with Gasteiger partial charge in [-0.15, -0.1) is 0 Å². The summed E-state index contributed by atoms with van der Waals surface area (Å²) >= 11 is 0. The minimum atomic E-state index is -0.292. The highest BCUT2D eigenvalue weighted by Crippen LogP contribution is 2.32. The molecule has 9 aromatic rings. The summed E-state index contributed by atoms with van der Waals surface area (Å²) in [4.78, 5) is 12.3. The molecule has 0 radical (unpaired) electrons. The number of pyridine rings is 3. The second kappa shape index (κ2) is 17.7. The maximum atomic E-state index is 13.3. The number of aromatic nitrogens is 3. The molecule has 60 heavy (non-hydrogen) atoms. The fraction of sp³-hybridized carbons (Fsp3) is 0.0417. The number of fused-ring (bicyclic) bond motifs is 3. The normalized spacial score (nSPS) is 10.7. The van der Waals surface area contributed by atoms with Crippen LogP contribution in [0.5, 0.6) is 0 Å². The van der Waals surface area contributed by atoms with Crippen molar-refractivity contribution in [2.24, 2.45) is 11.5 Å². The standard InChI is InChI=1S/2C16H14FN3.C16H10FN3/c3*17-13-3-1-2-10(6-13)11-4-5-14-12(8-18)9-20-16(19)15(14)7-11/h2*1-7,9H,8,18H2,(H2,19,20);1-7,9H,(H2,19,20). The molecule has 0 aliphatic rings. The molecule has 9 rings (SSSR count). The zero-order valence-electron chi connectivity index (χ0n) is 32.1. The fourth-order valence-electron chi connectivity index (χ4n) is 6.87. The van der Waals surface area contributed by atoms with Crippen LogP contribution in [0.2, 0.25) is 0 Å². The minimum absolute atomic E-state index is 0.260. The lowest BCUT2D eigenvalue weighted by atomic mass is 9.99. The second-order valence-corrected chi connectivity index (χ2v) is 13.7. The second-order valence-electron chi connectivity index (χ2n) is 13.7. The van der Waals surface area contributed by atoms with E-state index >= 15 is 0 Å². The van der Waals surface area contributed by atoms with Gasteiger partial charge >= 0.3 is 0 Å². The lowest BCUT2D eigenvalue weighted by molar-refractivity contribution is 0.628. The van der Waals surface area contributed by atoms with Gasteiger partial charge < -0.3 is 28.7 Å². The van der Waals surface area contributed by atoms with Gasteiger partial charge in [-0.1, -0.05) is 72.8 Å². The van der Waals surface area contributed by atoms with E-state index in [1.807, 2.05) is 72.8 Å². The number of nitrogens with two attached hydrogens (primary N) is 5. The van der Waals surface area contributed by atoms with Crippen molar-refractivity contribution >= 4 is 49.8 Å². The van der Waals surface area contributed by atoms with Gasteiger partial charge in [0.25, 0.3) is 0 Å². The highest BCUT2D eigenvalue weighted by molar-refractivity contribution is 5.98. The van der Waals surface area contributed by atoms with Crippen LogP contribution in [0.25, 0.3) is 65.7 Å². The molecule has 12 heteroatoms. The molecule has 0 saturated heterocycles. The number of hydrogen-bond acceptors (Lipinski definition) is 9. The Hall–Kier alpha value is -7.85. The summed E-state index contributed by atoms with van der Waals surface area (Å²) in [6.45, 7) is 0.812. The van der Waals surface area contributed by atoms with Crippen molar-refractivity contribution in [1.82, 2.24) is 15.0 Å². The van der Waals surface area contributed by atoms with Crippen LogP contribution in [-0.4, -0.2) is 15.0 Å². The minimum Gasteiger partial charge on any atom is -0.383 e. The van der Waals surface area contributed by atoms with Crippen LogP contribution in [0, 0.1) is 28.8 Å². The topological polar surface area (TPSA) is 193 Å². The van der Waals surface area contributed by atoms with Crippen LogP contribution in [0.1, 0.15) is 16.7 Å². The molecule has 10 N–H and O–H groups in total. The average molecular weight is 798 g/mol. The third-order valence-electron chi connectivity index (χ3n) is 9.95. The highest BCUT2D eigenvalue weighted by atomic mass is 19.1. The van der Waals surface area contributed by atoms with Crippen molar-refractivity contribution in [3.63, 3.8) is 0 Å². The number of anilines is 3. The van der Waals surface area contributed by atoms with Gasteiger partial charge in [0.15, 0.2) is 0 Å². The number of hydrogen-bond donors (Lipinski definition) is 5. The number of nitrogens with zero attached hydrogens (tertiary/aromatic N) is 4. The molecule has 0 aliphatic carbocycles.